The van der Waals surface area contributed by atoms with E-state index < -0.39 is 12.1 Å². The van der Waals surface area contributed by atoms with Gasteiger partial charge in [0, 0.05) is 22.5 Å². The van der Waals surface area contributed by atoms with E-state index in [1.165, 1.54) is 23.3 Å². The van der Waals surface area contributed by atoms with Crippen LogP contribution in [0, 0.1) is 9.49 Å². The number of halogens is 1. The quantitative estimate of drug-likeness (QED) is 0.304. The van der Waals surface area contributed by atoms with Gasteiger partial charge in [-0.1, -0.05) is 55.5 Å². The lowest BCUT2D eigenvalue weighted by Crippen LogP contribution is -2.31. The van der Waals surface area contributed by atoms with E-state index in [-0.39, 0.29) is 42.9 Å². The first-order valence-electron chi connectivity index (χ1n) is 11.2. The molecular formula is C27H25IN2O5. The third kappa shape index (κ3) is 5.82. The zero-order valence-corrected chi connectivity index (χ0v) is 21.2. The molecule has 0 spiro atoms. The molecule has 0 bridgehead atoms. The number of benzene rings is 3. The molecular weight excluding hydrogens is 559 g/mol. The van der Waals surface area contributed by atoms with E-state index in [0.717, 1.165) is 14.7 Å². The molecule has 1 aliphatic rings. The first-order chi connectivity index (χ1) is 16.8. The summed E-state index contributed by atoms with van der Waals surface area (Å²) >= 11 is 2.04. The second kappa shape index (κ2) is 10.9. The molecule has 0 radical (unpaired) electrons. The van der Waals surface area contributed by atoms with Gasteiger partial charge in [-0.15, -0.1) is 0 Å². The molecule has 2 amide bonds. The summed E-state index contributed by atoms with van der Waals surface area (Å²) in [5.74, 6) is -1.47. The lowest BCUT2D eigenvalue weighted by atomic mass is 9.98. The third-order valence-electron chi connectivity index (χ3n) is 5.96. The topological polar surface area (TPSA) is 105 Å². The van der Waals surface area contributed by atoms with Crippen LogP contribution in [0.4, 0.5) is 10.5 Å². The van der Waals surface area contributed by atoms with E-state index >= 15 is 0 Å². The third-order valence-corrected chi connectivity index (χ3v) is 6.90. The molecule has 0 fully saturated rings. The Labute approximate surface area is 217 Å². The summed E-state index contributed by atoms with van der Waals surface area (Å²) in [6, 6.07) is 20.8. The summed E-state index contributed by atoms with van der Waals surface area (Å²) in [7, 11) is 0. The van der Waals surface area contributed by atoms with Crippen molar-refractivity contribution in [3.8, 4) is 11.1 Å². The molecule has 8 heteroatoms. The van der Waals surface area contributed by atoms with Crippen LogP contribution in [-0.4, -0.2) is 36.2 Å². The molecule has 0 saturated carbocycles. The summed E-state index contributed by atoms with van der Waals surface area (Å²) in [6.45, 7) is 2.35. The predicted molar refractivity (Wildman–Crippen MR) is 142 cm³/mol. The number of anilines is 1. The number of aromatic carboxylic acids is 1. The average molecular weight is 584 g/mol. The van der Waals surface area contributed by atoms with Crippen molar-refractivity contribution in [2.75, 3.05) is 18.5 Å². The van der Waals surface area contributed by atoms with E-state index in [1.54, 1.807) is 6.07 Å². The summed E-state index contributed by atoms with van der Waals surface area (Å²) in [4.78, 5) is 36.0. The fraction of sp³-hybridized carbons (Fsp3) is 0.222. The van der Waals surface area contributed by atoms with Crippen LogP contribution in [0.25, 0.3) is 11.1 Å². The smallest absolute Gasteiger partial charge is 0.407 e. The molecule has 0 aliphatic heterocycles. The van der Waals surface area contributed by atoms with Crippen molar-refractivity contribution in [1.29, 1.82) is 0 Å². The van der Waals surface area contributed by atoms with E-state index in [0.29, 0.717) is 5.69 Å². The second-order valence-corrected chi connectivity index (χ2v) is 9.73. The molecule has 180 valence electrons. The zero-order chi connectivity index (χ0) is 24.9. The van der Waals surface area contributed by atoms with E-state index in [2.05, 4.69) is 34.9 Å². The Hall–Kier alpha value is -3.40. The Balaban J connectivity index is 1.26. The van der Waals surface area contributed by atoms with E-state index in [4.69, 9.17) is 9.84 Å². The van der Waals surface area contributed by atoms with Crippen molar-refractivity contribution in [2.45, 2.75) is 19.3 Å². The monoisotopic (exact) mass is 584 g/mol. The number of hydrogen-bond acceptors (Lipinski definition) is 4. The minimum Gasteiger partial charge on any atom is -0.478 e. The van der Waals surface area contributed by atoms with Crippen molar-refractivity contribution in [3.05, 3.63) is 87.0 Å². The molecule has 3 aromatic rings. The Morgan fingerprint density at radius 1 is 1.00 bits per heavy atom. The van der Waals surface area contributed by atoms with Crippen LogP contribution in [0.2, 0.25) is 0 Å². The standard InChI is InChI=1S/C27H25IN2O5/c1-16(12-25(31)30-24-13-17(26(32)33)10-11-23(24)28)14-29-27(34)35-15-22-20-8-4-2-6-18(20)19-7-3-5-9-21(19)22/h2-11,13,16,22H,12,14-15H2,1H3,(H,29,34)(H,30,31)(H,32,33). The molecule has 1 aliphatic carbocycles. The largest absolute Gasteiger partial charge is 0.478 e. The van der Waals surface area contributed by atoms with Gasteiger partial charge in [0.2, 0.25) is 5.91 Å². The fourth-order valence-corrected chi connectivity index (χ4v) is 4.72. The maximum Gasteiger partial charge on any atom is 0.407 e. The predicted octanol–water partition coefficient (Wildman–Crippen LogP) is 5.49. The van der Waals surface area contributed by atoms with Crippen molar-refractivity contribution < 1.29 is 24.2 Å². The van der Waals surface area contributed by atoms with Crippen LogP contribution < -0.4 is 10.6 Å². The Bertz CT molecular complexity index is 1230. The van der Waals surface area contributed by atoms with Gasteiger partial charge in [-0.3, -0.25) is 4.79 Å². The van der Waals surface area contributed by atoms with Gasteiger partial charge < -0.3 is 20.5 Å². The number of carbonyl (C=O) groups excluding carboxylic acids is 2. The van der Waals surface area contributed by atoms with Crippen LogP contribution in [0.5, 0.6) is 0 Å². The SMILES string of the molecule is CC(CNC(=O)OCC1c2ccccc2-c2ccccc21)CC(=O)Nc1cc(C(=O)O)ccc1I. The Kier molecular flexibility index (Phi) is 7.70. The van der Waals surface area contributed by atoms with Crippen LogP contribution in [0.15, 0.2) is 66.7 Å². The van der Waals surface area contributed by atoms with Crippen molar-refractivity contribution in [3.63, 3.8) is 0 Å². The minimum atomic E-state index is -1.06. The molecule has 0 heterocycles. The highest BCUT2D eigenvalue weighted by atomic mass is 127. The van der Waals surface area contributed by atoms with Gasteiger partial charge in [0.05, 0.1) is 11.3 Å². The number of carboxylic acids is 1. The molecule has 3 aromatic carbocycles. The number of rotatable bonds is 8. The number of ether oxygens (including phenoxy) is 1. The Morgan fingerprint density at radius 2 is 1.63 bits per heavy atom. The number of amides is 2. The summed E-state index contributed by atoms with van der Waals surface area (Å²) in [6.07, 6.45) is -0.361. The van der Waals surface area contributed by atoms with Gasteiger partial charge in [-0.05, 0) is 69.0 Å². The minimum absolute atomic E-state index is 0.0135. The molecule has 3 N–H and O–H groups in total. The molecule has 0 saturated heterocycles. The van der Waals surface area contributed by atoms with Gasteiger partial charge in [0.15, 0.2) is 0 Å². The van der Waals surface area contributed by atoms with E-state index in [1.807, 2.05) is 53.8 Å². The van der Waals surface area contributed by atoms with Crippen molar-refractivity contribution >= 4 is 46.2 Å². The molecule has 0 aromatic heterocycles. The molecule has 35 heavy (non-hydrogen) atoms. The number of fused-ring (bicyclic) bond motifs is 3. The molecule has 1 atom stereocenters. The van der Waals surface area contributed by atoms with Crippen LogP contribution in [0.3, 0.4) is 0 Å². The van der Waals surface area contributed by atoms with E-state index in [9.17, 15) is 14.4 Å². The highest BCUT2D eigenvalue weighted by Gasteiger charge is 2.29. The van der Waals surface area contributed by atoms with Gasteiger partial charge in [-0.2, -0.15) is 0 Å². The first kappa shape index (κ1) is 24.7. The molecule has 7 nitrogen and oxygen atoms in total. The van der Waals surface area contributed by atoms with Gasteiger partial charge in [-0.25, -0.2) is 9.59 Å². The van der Waals surface area contributed by atoms with Crippen molar-refractivity contribution in [2.24, 2.45) is 5.92 Å². The van der Waals surface area contributed by atoms with Crippen LogP contribution >= 0.6 is 22.6 Å². The van der Waals surface area contributed by atoms with Gasteiger partial charge in [0.1, 0.15) is 6.61 Å². The van der Waals surface area contributed by atoms with Gasteiger partial charge >= 0.3 is 12.1 Å². The number of nitrogens with one attached hydrogen (secondary N) is 2. The highest BCUT2D eigenvalue weighted by Crippen LogP contribution is 2.44. The average Bonchev–Trinajstić information content (AvgIpc) is 3.16. The Morgan fingerprint density at radius 3 is 2.26 bits per heavy atom. The first-order valence-corrected chi connectivity index (χ1v) is 12.3. The number of alkyl carbamates (subject to hydrolysis) is 1. The maximum atomic E-state index is 12.4. The fourth-order valence-electron chi connectivity index (χ4n) is 4.25. The summed E-state index contributed by atoms with van der Waals surface area (Å²) < 4.78 is 6.28. The number of hydrogen-bond donors (Lipinski definition) is 3. The maximum absolute atomic E-state index is 12.4. The number of carboxylic acid groups (broad SMARTS) is 1. The lowest BCUT2D eigenvalue weighted by molar-refractivity contribution is -0.117. The summed E-state index contributed by atoms with van der Waals surface area (Å²) in [5, 5.41) is 14.6. The summed E-state index contributed by atoms with van der Waals surface area (Å²) in [5.41, 5.74) is 5.18. The van der Waals surface area contributed by atoms with Crippen molar-refractivity contribution in [1.82, 2.24) is 5.32 Å². The number of carbonyl (C=O) groups is 3. The second-order valence-electron chi connectivity index (χ2n) is 8.56. The normalized spacial score (nSPS) is 12.9. The van der Waals surface area contributed by atoms with Crippen LogP contribution in [-0.2, 0) is 9.53 Å². The van der Waals surface area contributed by atoms with Crippen LogP contribution in [0.1, 0.15) is 40.7 Å². The molecule has 1 unspecified atom stereocenters. The van der Waals surface area contributed by atoms with Gasteiger partial charge in [0.25, 0.3) is 0 Å². The zero-order valence-electron chi connectivity index (χ0n) is 19.1. The lowest BCUT2D eigenvalue weighted by Gasteiger charge is -2.16. The molecule has 4 rings (SSSR count). The highest BCUT2D eigenvalue weighted by molar-refractivity contribution is 14.1.